The highest BCUT2D eigenvalue weighted by atomic mass is 32.1. The Morgan fingerprint density at radius 3 is 2.93 bits per heavy atom. The highest BCUT2D eigenvalue weighted by molar-refractivity contribution is 7.11. The van der Waals surface area contributed by atoms with Gasteiger partial charge in [0.05, 0.1) is 21.7 Å². The summed E-state index contributed by atoms with van der Waals surface area (Å²) in [4.78, 5) is 5.57. The van der Waals surface area contributed by atoms with Gasteiger partial charge in [-0.05, 0) is 20.3 Å². The number of aliphatic hydroxyl groups is 1. The predicted octanol–water partition coefficient (Wildman–Crippen LogP) is 1.83. The molecule has 0 aromatic carbocycles. The lowest BCUT2D eigenvalue weighted by atomic mass is 10.0. The zero-order chi connectivity index (χ0) is 10.1. The molecule has 14 heavy (non-hydrogen) atoms. The quantitative estimate of drug-likeness (QED) is 0.815. The van der Waals surface area contributed by atoms with E-state index in [-0.39, 0.29) is 18.6 Å². The van der Waals surface area contributed by atoms with Gasteiger partial charge in [-0.3, -0.25) is 0 Å². The molecule has 0 saturated carbocycles. The summed E-state index contributed by atoms with van der Waals surface area (Å²) < 4.78 is 5.65. The van der Waals surface area contributed by atoms with Crippen molar-refractivity contribution in [1.82, 2.24) is 4.98 Å². The van der Waals surface area contributed by atoms with Crippen molar-refractivity contribution in [3.05, 3.63) is 15.6 Å². The molecule has 2 atom stereocenters. The van der Waals surface area contributed by atoms with Crippen molar-refractivity contribution in [3.8, 4) is 0 Å². The Kier molecular flexibility index (Phi) is 2.85. The third-order valence-corrected chi connectivity index (χ3v) is 3.78. The van der Waals surface area contributed by atoms with E-state index in [9.17, 15) is 5.11 Å². The van der Waals surface area contributed by atoms with E-state index < -0.39 is 0 Å². The SMILES string of the molecule is Cc1nc(C)c(C2OCCC2CO)s1. The normalized spacial score (nSPS) is 27.1. The lowest BCUT2D eigenvalue weighted by molar-refractivity contribution is 0.0741. The lowest BCUT2D eigenvalue weighted by Crippen LogP contribution is -2.11. The number of ether oxygens (including phenoxy) is 1. The van der Waals surface area contributed by atoms with Gasteiger partial charge in [0, 0.05) is 19.1 Å². The van der Waals surface area contributed by atoms with E-state index in [0.717, 1.165) is 23.7 Å². The van der Waals surface area contributed by atoms with Crippen molar-refractivity contribution in [2.45, 2.75) is 26.4 Å². The molecule has 3 nitrogen and oxygen atoms in total. The van der Waals surface area contributed by atoms with Crippen LogP contribution >= 0.6 is 11.3 Å². The van der Waals surface area contributed by atoms with Gasteiger partial charge in [-0.25, -0.2) is 4.98 Å². The fraction of sp³-hybridized carbons (Fsp3) is 0.700. The van der Waals surface area contributed by atoms with Crippen LogP contribution < -0.4 is 0 Å². The summed E-state index contributed by atoms with van der Waals surface area (Å²) in [7, 11) is 0. The molecule has 1 N–H and O–H groups in total. The maximum absolute atomic E-state index is 9.20. The van der Waals surface area contributed by atoms with Crippen LogP contribution in [0.5, 0.6) is 0 Å². The third-order valence-electron chi connectivity index (χ3n) is 2.65. The van der Waals surface area contributed by atoms with E-state index in [1.54, 1.807) is 11.3 Å². The molecule has 1 aromatic rings. The van der Waals surface area contributed by atoms with Crippen molar-refractivity contribution >= 4 is 11.3 Å². The zero-order valence-corrected chi connectivity index (χ0v) is 9.30. The minimum Gasteiger partial charge on any atom is -0.396 e. The van der Waals surface area contributed by atoms with Crippen LogP contribution in [-0.4, -0.2) is 23.3 Å². The molecule has 1 aromatic heterocycles. The summed E-state index contributed by atoms with van der Waals surface area (Å²) in [5.41, 5.74) is 1.05. The summed E-state index contributed by atoms with van der Waals surface area (Å²) in [6.07, 6.45) is 1.03. The van der Waals surface area contributed by atoms with Gasteiger partial charge < -0.3 is 9.84 Å². The van der Waals surface area contributed by atoms with Gasteiger partial charge in [0.2, 0.25) is 0 Å². The van der Waals surface area contributed by atoms with E-state index in [4.69, 9.17) is 4.74 Å². The monoisotopic (exact) mass is 213 g/mol. The molecule has 2 unspecified atom stereocenters. The van der Waals surface area contributed by atoms with Crippen LogP contribution in [-0.2, 0) is 4.74 Å². The van der Waals surface area contributed by atoms with Gasteiger partial charge >= 0.3 is 0 Å². The molecule has 0 radical (unpaired) electrons. The van der Waals surface area contributed by atoms with Crippen molar-refractivity contribution in [2.24, 2.45) is 5.92 Å². The number of aliphatic hydroxyl groups excluding tert-OH is 1. The number of hydrogen-bond acceptors (Lipinski definition) is 4. The van der Waals surface area contributed by atoms with Crippen LogP contribution in [0.4, 0.5) is 0 Å². The van der Waals surface area contributed by atoms with Crippen LogP contribution in [0, 0.1) is 19.8 Å². The zero-order valence-electron chi connectivity index (χ0n) is 8.49. The predicted molar refractivity (Wildman–Crippen MR) is 55.5 cm³/mol. The fourth-order valence-corrected chi connectivity index (χ4v) is 2.99. The minimum absolute atomic E-state index is 0.0752. The Hall–Kier alpha value is -0.450. The van der Waals surface area contributed by atoms with Crippen LogP contribution in [0.15, 0.2) is 0 Å². The largest absolute Gasteiger partial charge is 0.396 e. The molecule has 4 heteroatoms. The van der Waals surface area contributed by atoms with E-state index in [1.165, 1.54) is 4.88 Å². The van der Waals surface area contributed by atoms with E-state index >= 15 is 0 Å². The molecular formula is C10H15NO2S. The second-order valence-corrected chi connectivity index (χ2v) is 4.94. The van der Waals surface area contributed by atoms with E-state index in [1.807, 2.05) is 13.8 Å². The summed E-state index contributed by atoms with van der Waals surface area (Å²) in [5, 5.41) is 10.3. The Balaban J connectivity index is 2.25. The molecule has 1 saturated heterocycles. The smallest absolute Gasteiger partial charge is 0.0986 e. The number of aryl methyl sites for hydroxylation is 2. The molecule has 1 fully saturated rings. The average Bonchev–Trinajstić information content (AvgIpc) is 2.71. The summed E-state index contributed by atoms with van der Waals surface area (Å²) >= 11 is 1.68. The van der Waals surface area contributed by atoms with Gasteiger partial charge in [0.1, 0.15) is 0 Å². The third kappa shape index (κ3) is 1.69. The number of nitrogens with zero attached hydrogens (tertiary/aromatic N) is 1. The summed E-state index contributed by atoms with van der Waals surface area (Å²) in [6.45, 7) is 4.98. The second kappa shape index (κ2) is 3.96. The molecule has 78 valence electrons. The Bertz CT molecular complexity index is 324. The Morgan fingerprint density at radius 1 is 1.57 bits per heavy atom. The average molecular weight is 213 g/mol. The second-order valence-electron chi connectivity index (χ2n) is 3.71. The maximum Gasteiger partial charge on any atom is 0.0986 e. The van der Waals surface area contributed by atoms with Crippen molar-refractivity contribution in [1.29, 1.82) is 0 Å². The van der Waals surface area contributed by atoms with Gasteiger partial charge in [0.25, 0.3) is 0 Å². The first kappa shape index (κ1) is 10.1. The van der Waals surface area contributed by atoms with Gasteiger partial charge in [-0.1, -0.05) is 0 Å². The lowest BCUT2D eigenvalue weighted by Gasteiger charge is -2.14. The van der Waals surface area contributed by atoms with Crippen molar-refractivity contribution in [3.63, 3.8) is 0 Å². The molecule has 2 heterocycles. The Morgan fingerprint density at radius 2 is 2.36 bits per heavy atom. The van der Waals surface area contributed by atoms with Crippen LogP contribution in [0.25, 0.3) is 0 Å². The van der Waals surface area contributed by atoms with Gasteiger partial charge in [-0.15, -0.1) is 11.3 Å². The highest BCUT2D eigenvalue weighted by Crippen LogP contribution is 2.38. The van der Waals surface area contributed by atoms with Crippen LogP contribution in [0.1, 0.15) is 28.1 Å². The standard InChI is InChI=1S/C10H15NO2S/c1-6-10(14-7(2)11-6)9-8(5-12)3-4-13-9/h8-9,12H,3-5H2,1-2H3. The molecule has 1 aliphatic heterocycles. The molecule has 0 bridgehead atoms. The van der Waals surface area contributed by atoms with E-state index in [2.05, 4.69) is 4.98 Å². The number of aromatic nitrogens is 1. The Labute approximate surface area is 87.7 Å². The number of thiazole rings is 1. The summed E-state index contributed by atoms with van der Waals surface area (Å²) in [5.74, 6) is 0.258. The molecule has 2 rings (SSSR count). The molecule has 0 amide bonds. The first-order valence-electron chi connectivity index (χ1n) is 4.88. The molecule has 1 aliphatic rings. The first-order chi connectivity index (χ1) is 6.72. The van der Waals surface area contributed by atoms with Crippen molar-refractivity contribution in [2.75, 3.05) is 13.2 Å². The number of rotatable bonds is 2. The van der Waals surface area contributed by atoms with Crippen LogP contribution in [0.3, 0.4) is 0 Å². The van der Waals surface area contributed by atoms with Crippen LogP contribution in [0.2, 0.25) is 0 Å². The number of hydrogen-bond donors (Lipinski definition) is 1. The first-order valence-corrected chi connectivity index (χ1v) is 5.70. The topological polar surface area (TPSA) is 42.4 Å². The van der Waals surface area contributed by atoms with Gasteiger partial charge in [-0.2, -0.15) is 0 Å². The summed E-state index contributed by atoms with van der Waals surface area (Å²) in [6, 6.07) is 0. The van der Waals surface area contributed by atoms with Crippen molar-refractivity contribution < 1.29 is 9.84 Å². The minimum atomic E-state index is 0.0752. The fourth-order valence-electron chi connectivity index (χ4n) is 1.92. The maximum atomic E-state index is 9.20. The molecule has 0 aliphatic carbocycles. The highest BCUT2D eigenvalue weighted by Gasteiger charge is 2.31. The molecular weight excluding hydrogens is 198 g/mol. The van der Waals surface area contributed by atoms with E-state index in [0.29, 0.717) is 0 Å². The molecule has 0 spiro atoms. The van der Waals surface area contributed by atoms with Gasteiger partial charge in [0.15, 0.2) is 0 Å².